The number of fused-ring (bicyclic) bond motifs is 20. The number of rotatable bonds is 0. The Morgan fingerprint density at radius 2 is 0.596 bits per heavy atom. The number of benzene rings is 4. The maximum atomic E-state index is 5.32. The molecule has 0 fully saturated rings. The zero-order chi connectivity index (χ0) is 39.7. The van der Waals surface area contributed by atoms with Gasteiger partial charge in [0.2, 0.25) is 0 Å². The summed E-state index contributed by atoms with van der Waals surface area (Å²) >= 11 is 0. The van der Waals surface area contributed by atoms with Crippen LogP contribution >= 0.6 is 0 Å². The molecule has 2 N–H and O–H groups in total. The molecule has 3 aromatic heterocycles. The van der Waals surface area contributed by atoms with Gasteiger partial charge in [0.15, 0.2) is 23.3 Å². The molecular weight excluding hydrogens is 744 g/mol. The summed E-state index contributed by atoms with van der Waals surface area (Å²) in [5.41, 5.74) is 11.1. The van der Waals surface area contributed by atoms with Crippen molar-refractivity contribution in [2.75, 3.05) is 0 Å². The maximum absolute atomic E-state index is 5.32. The topological polar surface area (TPSA) is 109 Å². The van der Waals surface area contributed by atoms with Crippen molar-refractivity contribution in [3.05, 3.63) is 95.1 Å². The summed E-state index contributed by atoms with van der Waals surface area (Å²) in [6.45, 7) is 26.8. The van der Waals surface area contributed by atoms with E-state index in [4.69, 9.17) is 29.9 Å². The Morgan fingerprint density at radius 3 is 0.930 bits per heavy atom. The molecule has 7 aromatic rings. The smallest absolute Gasteiger partial charge is 0.164 e. The number of nitrogens with zero attached hydrogens (tertiary/aromatic N) is 6. The van der Waals surface area contributed by atoms with Gasteiger partial charge >= 0.3 is 0 Å². The van der Waals surface area contributed by atoms with E-state index < -0.39 is 0 Å². The second kappa shape index (κ2) is 12.9. The second-order valence-electron chi connectivity index (χ2n) is 19.7. The Kier molecular flexibility index (Phi) is 8.73. The molecule has 0 atom stereocenters. The van der Waals surface area contributed by atoms with Crippen molar-refractivity contribution in [3.63, 3.8) is 0 Å². The van der Waals surface area contributed by atoms with Gasteiger partial charge in [0.25, 0.3) is 0 Å². The van der Waals surface area contributed by atoms with Crippen molar-refractivity contribution in [2.24, 2.45) is 0 Å². The Hall–Kier alpha value is -5.24. The summed E-state index contributed by atoms with van der Waals surface area (Å²) in [7, 11) is 0. The standard InChI is InChI=1S/C48H50N8.Mn/c1-45(2,3)25-13-17-29-33(21-25)41-49-37(29)54-42-35-23-27(47(7,8)9)15-19-31(35)39(51-42)56-44-36-24-28(48(10,11)12)16-20-32(36)40(52-44)55-43-34-22-26(46(4,5)6)14-18-30(34)38(50-43)53-41;/h13-24H,1-12H3,(H2,49,50,51,52,53,54,55,56);. The monoisotopic (exact) mass is 793 g/mol. The number of hydrogen-bond acceptors (Lipinski definition) is 6. The summed E-state index contributed by atoms with van der Waals surface area (Å²) in [6, 6.07) is 26.3. The molecule has 0 unspecified atom stereocenters. The third-order valence-electron chi connectivity index (χ3n) is 11.3. The molecule has 0 aliphatic carbocycles. The van der Waals surface area contributed by atoms with Gasteiger partial charge in [-0.05, 0) is 68.2 Å². The molecule has 8 nitrogen and oxygen atoms in total. The van der Waals surface area contributed by atoms with E-state index in [1.165, 1.54) is 22.3 Å². The van der Waals surface area contributed by atoms with Crippen molar-refractivity contribution in [1.82, 2.24) is 39.9 Å². The molecule has 8 bridgehead atoms. The molecule has 0 amide bonds. The van der Waals surface area contributed by atoms with Gasteiger partial charge in [0, 0.05) is 60.9 Å². The van der Waals surface area contributed by atoms with Gasteiger partial charge in [-0.15, -0.1) is 0 Å². The molecule has 5 heterocycles. The average molecular weight is 794 g/mol. The van der Waals surface area contributed by atoms with Crippen LogP contribution in [0.3, 0.4) is 0 Å². The molecule has 2 aliphatic heterocycles. The van der Waals surface area contributed by atoms with E-state index >= 15 is 0 Å². The van der Waals surface area contributed by atoms with Crippen LogP contribution in [0.25, 0.3) is 89.7 Å². The number of aromatic amines is 2. The molecule has 0 spiro atoms. The molecule has 57 heavy (non-hydrogen) atoms. The second-order valence-corrected chi connectivity index (χ2v) is 19.7. The van der Waals surface area contributed by atoms with Crippen molar-refractivity contribution in [1.29, 1.82) is 0 Å². The molecule has 0 saturated heterocycles. The number of nitrogens with one attached hydrogen (secondary N) is 2. The van der Waals surface area contributed by atoms with Crippen molar-refractivity contribution in [3.8, 4) is 45.6 Å². The minimum absolute atomic E-state index is 0. The number of aromatic nitrogens is 8. The quantitative estimate of drug-likeness (QED) is 0.148. The first-order valence-electron chi connectivity index (χ1n) is 19.6. The van der Waals surface area contributed by atoms with Crippen LogP contribution in [0.15, 0.2) is 72.8 Å². The van der Waals surface area contributed by atoms with Crippen LogP contribution in [0, 0.1) is 0 Å². The van der Waals surface area contributed by atoms with Crippen molar-refractivity contribution >= 4 is 44.1 Å². The summed E-state index contributed by atoms with van der Waals surface area (Å²) < 4.78 is 0. The Morgan fingerprint density at radius 1 is 0.316 bits per heavy atom. The van der Waals surface area contributed by atoms with Crippen LogP contribution in [-0.4, -0.2) is 39.9 Å². The zero-order valence-corrected chi connectivity index (χ0v) is 36.2. The summed E-state index contributed by atoms with van der Waals surface area (Å²) in [5, 5.41) is 3.89. The average Bonchev–Trinajstić information content (AvgIpc) is 3.84. The predicted molar refractivity (Wildman–Crippen MR) is 231 cm³/mol. The molecule has 9 rings (SSSR count). The normalized spacial score (nSPS) is 13.1. The first-order chi connectivity index (χ1) is 26.2. The summed E-state index contributed by atoms with van der Waals surface area (Å²) in [5.74, 6) is 2.42. The van der Waals surface area contributed by atoms with Crippen LogP contribution < -0.4 is 0 Å². The van der Waals surface area contributed by atoms with E-state index in [2.05, 4.69) is 166 Å². The van der Waals surface area contributed by atoms with Crippen molar-refractivity contribution in [2.45, 2.75) is 105 Å². The molecule has 1 radical (unpaired) electrons. The molecule has 4 aromatic carbocycles. The van der Waals surface area contributed by atoms with Gasteiger partial charge in [0.05, 0.1) is 0 Å². The Labute approximate surface area is 345 Å². The summed E-state index contributed by atoms with van der Waals surface area (Å²) in [6.07, 6.45) is 0. The number of H-pyrrole nitrogens is 2. The van der Waals surface area contributed by atoms with Gasteiger partial charge in [-0.25, -0.2) is 29.9 Å². The predicted octanol–water partition coefficient (Wildman–Crippen LogP) is 12.1. The molecule has 9 heteroatoms. The molecule has 0 saturated carbocycles. The minimum atomic E-state index is -0.0686. The fraction of sp³-hybridized carbons (Fsp3) is 0.333. The molecule has 289 valence electrons. The maximum Gasteiger partial charge on any atom is 0.164 e. The van der Waals surface area contributed by atoms with Crippen molar-refractivity contribution < 1.29 is 17.1 Å². The van der Waals surface area contributed by atoms with Gasteiger partial charge < -0.3 is 9.97 Å². The van der Waals surface area contributed by atoms with Gasteiger partial charge in [-0.1, -0.05) is 132 Å². The van der Waals surface area contributed by atoms with E-state index in [1.807, 2.05) is 0 Å². The zero-order valence-electron chi connectivity index (χ0n) is 35.0. The molecular formula is C48H50MnN8. The van der Waals surface area contributed by atoms with E-state index in [0.29, 0.717) is 45.9 Å². The Balaban J connectivity index is 0.00000455. The fourth-order valence-electron chi connectivity index (χ4n) is 7.66. The van der Waals surface area contributed by atoms with Crippen LogP contribution in [0.2, 0.25) is 0 Å². The molecule has 2 aliphatic rings. The first kappa shape index (κ1) is 38.6. The first-order valence-corrected chi connectivity index (χ1v) is 19.6. The van der Waals surface area contributed by atoms with Gasteiger partial charge in [-0.3, -0.25) is 0 Å². The van der Waals surface area contributed by atoms with E-state index in [-0.39, 0.29) is 38.7 Å². The van der Waals surface area contributed by atoms with Crippen LogP contribution in [0.5, 0.6) is 0 Å². The largest absolute Gasteiger partial charge is 0.324 e. The van der Waals surface area contributed by atoms with Crippen LogP contribution in [0.1, 0.15) is 105 Å². The SMILES string of the molecule is CC(C)(C)c1ccc2c(c1)-c1nc-2nc2[nH]c(nc3nc(nc4[nH]c(n1)c1ccc(C(C)(C)C)cc41)-c1ccc(C(C)(C)C)cc1-3)c1ccc(C(C)(C)C)cc21.[Mn]. The van der Waals surface area contributed by atoms with E-state index in [0.717, 1.165) is 43.8 Å². The summed E-state index contributed by atoms with van der Waals surface area (Å²) in [4.78, 5) is 38.9. The Bertz CT molecular complexity index is 2760. The van der Waals surface area contributed by atoms with Crippen LogP contribution in [0.4, 0.5) is 0 Å². The van der Waals surface area contributed by atoms with E-state index in [1.54, 1.807) is 0 Å². The van der Waals surface area contributed by atoms with E-state index in [9.17, 15) is 0 Å². The van der Waals surface area contributed by atoms with Crippen LogP contribution in [-0.2, 0) is 38.7 Å². The van der Waals surface area contributed by atoms with Gasteiger partial charge in [-0.2, -0.15) is 0 Å². The number of hydrogen-bond donors (Lipinski definition) is 2. The fourth-order valence-corrected chi connectivity index (χ4v) is 7.66. The minimum Gasteiger partial charge on any atom is -0.324 e. The third kappa shape index (κ3) is 6.65. The van der Waals surface area contributed by atoms with Gasteiger partial charge in [0.1, 0.15) is 22.6 Å². The third-order valence-corrected chi connectivity index (χ3v) is 11.3.